The van der Waals surface area contributed by atoms with Gasteiger partial charge in [0.2, 0.25) is 6.79 Å². The zero-order valence-electron chi connectivity index (χ0n) is 16.5. The molecule has 0 radical (unpaired) electrons. The number of nitrogens with one attached hydrogen (secondary N) is 2. The number of ether oxygens (including phenoxy) is 4. The van der Waals surface area contributed by atoms with Crippen molar-refractivity contribution in [2.24, 2.45) is 4.99 Å². The van der Waals surface area contributed by atoms with Crippen LogP contribution in [0.5, 0.6) is 23.0 Å². The smallest absolute Gasteiger partial charge is 0.231 e. The molecule has 1 heterocycles. The molecule has 0 fully saturated rings. The summed E-state index contributed by atoms with van der Waals surface area (Å²) < 4.78 is 21.9. The number of methoxy groups -OCH3 is 1. The lowest BCUT2D eigenvalue weighted by Gasteiger charge is -2.18. The van der Waals surface area contributed by atoms with Crippen LogP contribution < -0.4 is 29.6 Å². The predicted octanol–water partition coefficient (Wildman–Crippen LogP) is 2.60. The molecule has 150 valence electrons. The lowest BCUT2D eigenvalue weighted by atomic mass is 10.1. The average Bonchev–Trinajstić information content (AvgIpc) is 3.18. The Bertz CT molecular complexity index is 810. The van der Waals surface area contributed by atoms with Crippen LogP contribution in [0.15, 0.2) is 47.5 Å². The summed E-state index contributed by atoms with van der Waals surface area (Å²) in [5.74, 6) is 3.91. The predicted molar refractivity (Wildman–Crippen MR) is 109 cm³/mol. The van der Waals surface area contributed by atoms with Crippen molar-refractivity contribution in [3.05, 3.63) is 48.0 Å². The summed E-state index contributed by atoms with van der Waals surface area (Å²) in [7, 11) is 3.40. The minimum absolute atomic E-state index is 0.0282. The maximum atomic E-state index is 5.92. The highest BCUT2D eigenvalue weighted by atomic mass is 16.7. The minimum Gasteiger partial charge on any atom is -0.497 e. The fourth-order valence-corrected chi connectivity index (χ4v) is 2.83. The minimum atomic E-state index is -0.0282. The van der Waals surface area contributed by atoms with E-state index in [1.54, 1.807) is 14.2 Å². The lowest BCUT2D eigenvalue weighted by Crippen LogP contribution is -2.42. The first-order valence-electron chi connectivity index (χ1n) is 9.31. The van der Waals surface area contributed by atoms with Crippen molar-refractivity contribution in [3.8, 4) is 23.0 Å². The van der Waals surface area contributed by atoms with Gasteiger partial charge in [0.1, 0.15) is 17.6 Å². The fraction of sp³-hybridized carbons (Fsp3) is 0.381. The van der Waals surface area contributed by atoms with Crippen molar-refractivity contribution >= 4 is 5.96 Å². The quantitative estimate of drug-likeness (QED) is 0.538. The fourth-order valence-electron chi connectivity index (χ4n) is 2.83. The second-order valence-corrected chi connectivity index (χ2v) is 6.42. The first-order valence-corrected chi connectivity index (χ1v) is 9.31. The summed E-state index contributed by atoms with van der Waals surface area (Å²) in [5.41, 5.74) is 1.18. The highest BCUT2D eigenvalue weighted by Gasteiger charge is 2.13. The first kappa shape index (κ1) is 19.7. The molecule has 0 saturated heterocycles. The van der Waals surface area contributed by atoms with Gasteiger partial charge in [0.25, 0.3) is 0 Å². The summed E-state index contributed by atoms with van der Waals surface area (Å²) in [4.78, 5) is 4.26. The number of rotatable bonds is 8. The van der Waals surface area contributed by atoms with Gasteiger partial charge in [-0.15, -0.1) is 0 Å². The molecule has 0 aliphatic carbocycles. The van der Waals surface area contributed by atoms with E-state index in [1.807, 2.05) is 43.3 Å². The zero-order chi connectivity index (χ0) is 19.8. The summed E-state index contributed by atoms with van der Waals surface area (Å²) in [5, 5.41) is 6.60. The summed E-state index contributed by atoms with van der Waals surface area (Å²) in [6.07, 6.45) is 0.826. The van der Waals surface area contributed by atoms with Gasteiger partial charge in [-0.25, -0.2) is 0 Å². The maximum absolute atomic E-state index is 5.92. The molecule has 0 bridgehead atoms. The van der Waals surface area contributed by atoms with E-state index in [9.17, 15) is 0 Å². The highest BCUT2D eigenvalue weighted by Crippen LogP contribution is 2.32. The number of aliphatic imine (C=N–C) groups is 1. The van der Waals surface area contributed by atoms with Crippen LogP contribution in [0, 0.1) is 0 Å². The van der Waals surface area contributed by atoms with Crippen LogP contribution in [0.4, 0.5) is 0 Å². The molecule has 2 N–H and O–H groups in total. The van der Waals surface area contributed by atoms with E-state index in [-0.39, 0.29) is 6.10 Å². The van der Waals surface area contributed by atoms with E-state index in [0.29, 0.717) is 13.3 Å². The molecule has 7 heteroatoms. The van der Waals surface area contributed by atoms with E-state index in [0.717, 1.165) is 41.9 Å². The Morgan fingerprint density at radius 2 is 1.93 bits per heavy atom. The van der Waals surface area contributed by atoms with Crippen molar-refractivity contribution in [1.82, 2.24) is 10.6 Å². The number of guanidine groups is 1. The second kappa shape index (κ2) is 9.73. The van der Waals surface area contributed by atoms with Crippen molar-refractivity contribution < 1.29 is 18.9 Å². The van der Waals surface area contributed by atoms with E-state index < -0.39 is 0 Å². The van der Waals surface area contributed by atoms with Crippen molar-refractivity contribution in [3.63, 3.8) is 0 Å². The molecule has 0 amide bonds. The lowest BCUT2D eigenvalue weighted by molar-refractivity contribution is 0.174. The molecule has 7 nitrogen and oxygen atoms in total. The normalized spacial score (nSPS) is 13.8. The van der Waals surface area contributed by atoms with E-state index >= 15 is 0 Å². The Morgan fingerprint density at radius 1 is 1.11 bits per heavy atom. The molecule has 2 aromatic carbocycles. The monoisotopic (exact) mass is 385 g/mol. The summed E-state index contributed by atoms with van der Waals surface area (Å²) in [6, 6.07) is 13.6. The third-order valence-corrected chi connectivity index (χ3v) is 4.30. The van der Waals surface area contributed by atoms with Crippen LogP contribution >= 0.6 is 0 Å². The number of benzene rings is 2. The largest absolute Gasteiger partial charge is 0.497 e. The van der Waals surface area contributed by atoms with Gasteiger partial charge in [-0.2, -0.15) is 0 Å². The van der Waals surface area contributed by atoms with Crippen LogP contribution in [0.2, 0.25) is 0 Å². The average molecular weight is 385 g/mol. The molecule has 3 rings (SSSR count). The van der Waals surface area contributed by atoms with Crippen LogP contribution in [-0.2, 0) is 6.42 Å². The van der Waals surface area contributed by atoms with Gasteiger partial charge in [-0.05, 0) is 43.2 Å². The summed E-state index contributed by atoms with van der Waals surface area (Å²) in [6.45, 7) is 3.68. The topological polar surface area (TPSA) is 73.3 Å². The standard InChI is InChI=1S/C21H27N3O4/c1-15(28-18-6-4-5-17(12-18)25-3)13-24-21(22-2)23-10-9-16-7-8-19-20(11-16)27-14-26-19/h4-8,11-12,15H,9-10,13-14H2,1-3H3,(H2,22,23,24). The molecule has 0 aromatic heterocycles. The van der Waals surface area contributed by atoms with Crippen molar-refractivity contribution in [1.29, 1.82) is 0 Å². The van der Waals surface area contributed by atoms with Gasteiger partial charge in [0.15, 0.2) is 17.5 Å². The Balaban J connectivity index is 1.40. The highest BCUT2D eigenvalue weighted by molar-refractivity contribution is 5.79. The molecule has 1 aliphatic heterocycles. The Morgan fingerprint density at radius 3 is 2.75 bits per heavy atom. The molecule has 2 aromatic rings. The third-order valence-electron chi connectivity index (χ3n) is 4.30. The SMILES string of the molecule is CN=C(NCCc1ccc2c(c1)OCO2)NCC(C)Oc1cccc(OC)c1. The molecular formula is C21H27N3O4. The maximum Gasteiger partial charge on any atom is 0.231 e. The zero-order valence-corrected chi connectivity index (χ0v) is 16.5. The van der Waals surface area contributed by atoms with Crippen LogP contribution in [0.1, 0.15) is 12.5 Å². The van der Waals surface area contributed by atoms with Crippen LogP contribution in [0.25, 0.3) is 0 Å². The Labute approximate surface area is 165 Å². The summed E-state index contributed by atoms with van der Waals surface area (Å²) >= 11 is 0. The van der Waals surface area contributed by atoms with Gasteiger partial charge in [0, 0.05) is 19.7 Å². The van der Waals surface area contributed by atoms with Gasteiger partial charge >= 0.3 is 0 Å². The first-order chi connectivity index (χ1) is 13.7. The molecule has 0 saturated carbocycles. The van der Waals surface area contributed by atoms with Crippen LogP contribution in [0.3, 0.4) is 0 Å². The van der Waals surface area contributed by atoms with Crippen LogP contribution in [-0.4, -0.2) is 46.1 Å². The van der Waals surface area contributed by atoms with Gasteiger partial charge < -0.3 is 29.6 Å². The van der Waals surface area contributed by atoms with Gasteiger partial charge in [-0.3, -0.25) is 4.99 Å². The number of hydrogen-bond acceptors (Lipinski definition) is 5. The number of fused-ring (bicyclic) bond motifs is 1. The number of hydrogen-bond donors (Lipinski definition) is 2. The van der Waals surface area contributed by atoms with Gasteiger partial charge in [0.05, 0.1) is 13.7 Å². The molecule has 1 unspecified atom stereocenters. The van der Waals surface area contributed by atoms with E-state index in [4.69, 9.17) is 18.9 Å². The molecule has 0 spiro atoms. The van der Waals surface area contributed by atoms with E-state index in [1.165, 1.54) is 5.56 Å². The molecule has 1 atom stereocenters. The number of nitrogens with zero attached hydrogens (tertiary/aromatic N) is 1. The van der Waals surface area contributed by atoms with E-state index in [2.05, 4.69) is 21.7 Å². The van der Waals surface area contributed by atoms with Gasteiger partial charge in [-0.1, -0.05) is 12.1 Å². The molecule has 1 aliphatic rings. The Hall–Kier alpha value is -3.09. The third kappa shape index (κ3) is 5.45. The second-order valence-electron chi connectivity index (χ2n) is 6.42. The van der Waals surface area contributed by atoms with Crippen molar-refractivity contribution in [2.45, 2.75) is 19.4 Å². The molecule has 28 heavy (non-hydrogen) atoms. The Kier molecular flexibility index (Phi) is 6.84. The van der Waals surface area contributed by atoms with Crippen molar-refractivity contribution in [2.75, 3.05) is 34.0 Å². The molecular weight excluding hydrogens is 358 g/mol.